The quantitative estimate of drug-likeness (QED) is 0.838. The highest BCUT2D eigenvalue weighted by Crippen LogP contribution is 2.20. The predicted molar refractivity (Wildman–Crippen MR) is 67.4 cm³/mol. The minimum absolute atomic E-state index is 0.250. The van der Waals surface area contributed by atoms with Crippen LogP contribution in [0.3, 0.4) is 0 Å². The van der Waals surface area contributed by atoms with E-state index in [4.69, 9.17) is 11.6 Å². The van der Waals surface area contributed by atoms with Crippen LogP contribution >= 0.6 is 27.5 Å². The average molecular weight is 307 g/mol. The highest BCUT2D eigenvalue weighted by molar-refractivity contribution is 9.10. The summed E-state index contributed by atoms with van der Waals surface area (Å²) >= 11 is 9.13. The van der Waals surface area contributed by atoms with Gasteiger partial charge in [0.2, 0.25) is 5.28 Å². The zero-order valence-electron chi connectivity index (χ0n) is 8.95. The third-order valence-corrected chi connectivity index (χ3v) is 3.24. The predicted octanol–water partition coefficient (Wildman–Crippen LogP) is 1.47. The fourth-order valence-electron chi connectivity index (χ4n) is 1.49. The third kappa shape index (κ3) is 3.04. The van der Waals surface area contributed by atoms with E-state index in [-0.39, 0.29) is 5.28 Å². The van der Waals surface area contributed by atoms with Crippen LogP contribution in [0.2, 0.25) is 5.28 Å². The second-order valence-electron chi connectivity index (χ2n) is 3.74. The summed E-state index contributed by atoms with van der Waals surface area (Å²) in [6.45, 7) is 4.02. The van der Waals surface area contributed by atoms with Crippen molar-refractivity contribution in [3.8, 4) is 0 Å². The molecule has 7 heteroatoms. The lowest BCUT2D eigenvalue weighted by Gasteiger charge is -2.32. The Morgan fingerprint density at radius 1 is 1.38 bits per heavy atom. The first-order valence-corrected chi connectivity index (χ1v) is 6.20. The fourth-order valence-corrected chi connectivity index (χ4v) is 1.91. The Labute approximate surface area is 108 Å². The van der Waals surface area contributed by atoms with Gasteiger partial charge in [-0.1, -0.05) is 0 Å². The summed E-state index contributed by atoms with van der Waals surface area (Å²) in [7, 11) is 2.12. The van der Waals surface area contributed by atoms with Crippen molar-refractivity contribution >= 4 is 33.3 Å². The van der Waals surface area contributed by atoms with Gasteiger partial charge in [0.25, 0.3) is 0 Å². The van der Waals surface area contributed by atoms with Crippen molar-refractivity contribution in [2.45, 2.75) is 0 Å². The van der Waals surface area contributed by atoms with Crippen molar-refractivity contribution in [3.05, 3.63) is 16.0 Å². The van der Waals surface area contributed by atoms with E-state index >= 15 is 0 Å². The van der Waals surface area contributed by atoms with Crippen molar-refractivity contribution in [1.82, 2.24) is 19.9 Å². The number of rotatable bonds is 2. The van der Waals surface area contributed by atoms with Crippen LogP contribution in [0.4, 0.5) is 5.82 Å². The first-order chi connectivity index (χ1) is 7.65. The van der Waals surface area contributed by atoms with Crippen LogP contribution in [0, 0.1) is 0 Å². The zero-order chi connectivity index (χ0) is 11.5. The molecule has 0 atom stereocenters. The van der Waals surface area contributed by atoms with Crippen LogP contribution in [0.5, 0.6) is 0 Å². The summed E-state index contributed by atoms with van der Waals surface area (Å²) in [5, 5.41) is 2.38. The van der Waals surface area contributed by atoms with Gasteiger partial charge < -0.3 is 10.3 Å². The van der Waals surface area contributed by atoms with E-state index in [2.05, 4.69) is 48.3 Å². The first-order valence-electron chi connectivity index (χ1n) is 5.03. The van der Waals surface area contributed by atoms with E-state index in [0.717, 1.165) is 30.7 Å². The molecule has 1 fully saturated rings. The SMILES string of the molecule is CN1CCN(Nc2nc(Cl)ncc2Br)CC1. The molecule has 16 heavy (non-hydrogen) atoms. The lowest BCUT2D eigenvalue weighted by Crippen LogP contribution is -2.47. The molecule has 0 radical (unpaired) electrons. The normalized spacial score (nSPS) is 18.7. The number of nitrogens with zero attached hydrogens (tertiary/aromatic N) is 4. The first kappa shape index (κ1) is 12.0. The van der Waals surface area contributed by atoms with E-state index < -0.39 is 0 Å². The van der Waals surface area contributed by atoms with Crippen LogP contribution in [0.1, 0.15) is 0 Å². The van der Waals surface area contributed by atoms with E-state index in [1.54, 1.807) is 6.20 Å². The van der Waals surface area contributed by atoms with E-state index in [0.29, 0.717) is 5.82 Å². The van der Waals surface area contributed by atoms with Gasteiger partial charge in [-0.2, -0.15) is 4.98 Å². The lowest BCUT2D eigenvalue weighted by molar-refractivity contribution is 0.178. The topological polar surface area (TPSA) is 44.3 Å². The van der Waals surface area contributed by atoms with Crippen molar-refractivity contribution in [2.24, 2.45) is 0 Å². The molecule has 0 unspecified atom stereocenters. The van der Waals surface area contributed by atoms with Gasteiger partial charge in [-0.25, -0.2) is 9.99 Å². The molecule has 1 aliphatic heterocycles. The Kier molecular flexibility index (Phi) is 3.96. The average Bonchev–Trinajstić information content (AvgIpc) is 2.27. The number of hydrogen-bond donors (Lipinski definition) is 1. The standard InChI is InChI=1S/C9H13BrClN5/c1-15-2-4-16(5-3-15)14-8-7(10)6-12-9(11)13-8/h6H,2-5H2,1H3,(H,12,13,14). The molecule has 0 spiro atoms. The lowest BCUT2D eigenvalue weighted by atomic mass is 10.4. The molecular weight excluding hydrogens is 293 g/mol. The summed E-state index contributed by atoms with van der Waals surface area (Å²) in [4.78, 5) is 10.3. The molecular formula is C9H13BrClN5. The minimum Gasteiger partial charge on any atom is -0.304 e. The summed E-state index contributed by atoms with van der Waals surface area (Å²) < 4.78 is 0.816. The number of likely N-dealkylation sites (N-methyl/N-ethyl adjacent to an activating group) is 1. The van der Waals surface area contributed by atoms with Crippen molar-refractivity contribution in [1.29, 1.82) is 0 Å². The summed E-state index contributed by atoms with van der Waals surface area (Å²) in [5.41, 5.74) is 3.23. The van der Waals surface area contributed by atoms with Crippen LogP contribution in [0.25, 0.3) is 0 Å². The molecule has 2 heterocycles. The van der Waals surface area contributed by atoms with Gasteiger partial charge in [-0.15, -0.1) is 0 Å². The largest absolute Gasteiger partial charge is 0.304 e. The maximum Gasteiger partial charge on any atom is 0.224 e. The van der Waals surface area contributed by atoms with Crippen LogP contribution < -0.4 is 5.43 Å². The molecule has 1 aromatic rings. The monoisotopic (exact) mass is 305 g/mol. The number of piperazine rings is 1. The Bertz CT molecular complexity index is 367. The molecule has 5 nitrogen and oxygen atoms in total. The van der Waals surface area contributed by atoms with Gasteiger partial charge in [0.05, 0.1) is 4.47 Å². The molecule has 0 saturated carbocycles. The second-order valence-corrected chi connectivity index (χ2v) is 4.93. The van der Waals surface area contributed by atoms with Crippen LogP contribution in [-0.4, -0.2) is 53.1 Å². The molecule has 1 aliphatic rings. The molecule has 1 N–H and O–H groups in total. The molecule has 88 valence electrons. The molecule has 0 bridgehead atoms. The molecule has 1 aromatic heterocycles. The highest BCUT2D eigenvalue weighted by atomic mass is 79.9. The maximum atomic E-state index is 5.75. The van der Waals surface area contributed by atoms with E-state index in [1.807, 2.05) is 0 Å². The third-order valence-electron chi connectivity index (χ3n) is 2.48. The number of hydrogen-bond acceptors (Lipinski definition) is 5. The Hall–Kier alpha value is -0.430. The number of hydrazine groups is 1. The molecule has 1 saturated heterocycles. The van der Waals surface area contributed by atoms with Crippen molar-refractivity contribution < 1.29 is 0 Å². The van der Waals surface area contributed by atoms with Gasteiger partial charge in [-0.3, -0.25) is 0 Å². The van der Waals surface area contributed by atoms with E-state index in [1.165, 1.54) is 0 Å². The van der Waals surface area contributed by atoms with Crippen molar-refractivity contribution in [3.63, 3.8) is 0 Å². The van der Waals surface area contributed by atoms with E-state index in [9.17, 15) is 0 Å². The summed E-state index contributed by atoms with van der Waals surface area (Å²) in [6, 6.07) is 0. The van der Waals surface area contributed by atoms with Crippen molar-refractivity contribution in [2.75, 3.05) is 38.7 Å². The van der Waals surface area contributed by atoms with Crippen LogP contribution in [-0.2, 0) is 0 Å². The number of aromatic nitrogens is 2. The number of nitrogens with one attached hydrogen (secondary N) is 1. The molecule has 0 aromatic carbocycles. The molecule has 0 amide bonds. The zero-order valence-corrected chi connectivity index (χ0v) is 11.3. The minimum atomic E-state index is 0.250. The van der Waals surface area contributed by atoms with Crippen LogP contribution in [0.15, 0.2) is 10.7 Å². The molecule has 0 aliphatic carbocycles. The maximum absolute atomic E-state index is 5.75. The van der Waals surface area contributed by atoms with Gasteiger partial charge in [0, 0.05) is 32.4 Å². The Morgan fingerprint density at radius 3 is 2.75 bits per heavy atom. The second kappa shape index (κ2) is 5.27. The summed E-state index contributed by atoms with van der Waals surface area (Å²) in [6.07, 6.45) is 1.65. The smallest absolute Gasteiger partial charge is 0.224 e. The summed E-state index contributed by atoms with van der Waals surface area (Å²) in [5.74, 6) is 0.713. The number of halogens is 2. The fraction of sp³-hybridized carbons (Fsp3) is 0.556. The van der Waals surface area contributed by atoms with Gasteiger partial charge >= 0.3 is 0 Å². The molecule has 2 rings (SSSR count). The number of anilines is 1. The van der Waals surface area contributed by atoms with Gasteiger partial charge in [0.15, 0.2) is 5.82 Å². The Balaban J connectivity index is 2.00. The van der Waals surface area contributed by atoms with Gasteiger partial charge in [0.1, 0.15) is 0 Å². The van der Waals surface area contributed by atoms with Gasteiger partial charge in [-0.05, 0) is 34.6 Å². The Morgan fingerprint density at radius 2 is 2.06 bits per heavy atom. The highest BCUT2D eigenvalue weighted by Gasteiger charge is 2.15.